The monoisotopic (exact) mass is 487 g/mol. The summed E-state index contributed by atoms with van der Waals surface area (Å²) in [6.45, 7) is -0.0629. The summed E-state index contributed by atoms with van der Waals surface area (Å²) in [6, 6.07) is 14.8. The molecule has 0 aliphatic rings. The Labute approximate surface area is 199 Å². The zero-order chi connectivity index (χ0) is 23.5. The van der Waals surface area contributed by atoms with Crippen LogP contribution < -0.4 is 14.8 Å². The predicted octanol–water partition coefficient (Wildman–Crippen LogP) is 5.73. The Morgan fingerprint density at radius 3 is 2.48 bits per heavy atom. The Hall–Kier alpha value is -3.29. The molecule has 0 fully saturated rings. The predicted molar refractivity (Wildman–Crippen MR) is 127 cm³/mol. The van der Waals surface area contributed by atoms with E-state index in [1.807, 2.05) is 0 Å². The highest BCUT2D eigenvalue weighted by Crippen LogP contribution is 2.31. The Bertz CT molecular complexity index is 1340. The van der Waals surface area contributed by atoms with Gasteiger partial charge >= 0.3 is 0 Å². The molecule has 0 atom stereocenters. The molecule has 4 rings (SSSR count). The maximum absolute atomic E-state index is 14.3. The number of imidazole rings is 1. The minimum absolute atomic E-state index is 0.0629. The molecule has 3 aromatic carbocycles. The second kappa shape index (κ2) is 9.68. The molecular weight excluding hydrogens is 468 g/mol. The Morgan fingerprint density at radius 2 is 1.76 bits per heavy atom. The van der Waals surface area contributed by atoms with Gasteiger partial charge in [-0.2, -0.15) is 0 Å². The van der Waals surface area contributed by atoms with Gasteiger partial charge in [-0.1, -0.05) is 41.4 Å². The zero-order valence-corrected chi connectivity index (χ0v) is 19.4. The molecule has 6 nitrogen and oxygen atoms in total. The lowest BCUT2D eigenvalue weighted by molar-refractivity contribution is -0.116. The van der Waals surface area contributed by atoms with E-state index < -0.39 is 0 Å². The van der Waals surface area contributed by atoms with Crippen LogP contribution in [-0.2, 0) is 17.8 Å². The number of amides is 1. The van der Waals surface area contributed by atoms with Crippen LogP contribution in [0.1, 0.15) is 11.4 Å². The van der Waals surface area contributed by atoms with E-state index >= 15 is 0 Å². The van der Waals surface area contributed by atoms with Gasteiger partial charge in [0.2, 0.25) is 5.91 Å². The molecule has 4 aromatic rings. The van der Waals surface area contributed by atoms with Crippen LogP contribution in [0.5, 0.6) is 11.5 Å². The summed E-state index contributed by atoms with van der Waals surface area (Å²) in [5.41, 5.74) is 2.19. The highest BCUT2D eigenvalue weighted by Gasteiger charge is 2.18. The van der Waals surface area contributed by atoms with Crippen molar-refractivity contribution in [1.29, 1.82) is 0 Å². The van der Waals surface area contributed by atoms with Crippen molar-refractivity contribution in [2.75, 3.05) is 19.5 Å². The van der Waals surface area contributed by atoms with Crippen LogP contribution in [0.4, 0.5) is 10.1 Å². The summed E-state index contributed by atoms with van der Waals surface area (Å²) in [5, 5.41) is 3.53. The third-order valence-corrected chi connectivity index (χ3v) is 5.87. The lowest BCUT2D eigenvalue weighted by atomic mass is 10.1. The second-order valence-corrected chi connectivity index (χ2v) is 8.07. The fourth-order valence-electron chi connectivity index (χ4n) is 3.55. The number of halogens is 3. The number of aromatic nitrogens is 2. The van der Waals surface area contributed by atoms with Gasteiger partial charge in [0, 0.05) is 18.2 Å². The molecule has 0 aliphatic heterocycles. The van der Waals surface area contributed by atoms with Crippen LogP contribution >= 0.6 is 23.2 Å². The average Bonchev–Trinajstić information content (AvgIpc) is 3.11. The number of ether oxygens (including phenoxy) is 2. The molecular formula is C24H20Cl2FN3O3. The number of rotatable bonds is 7. The molecule has 0 bridgehead atoms. The van der Waals surface area contributed by atoms with E-state index in [1.54, 1.807) is 53.1 Å². The van der Waals surface area contributed by atoms with Gasteiger partial charge in [0.05, 0.1) is 35.3 Å². The smallest absolute Gasteiger partial charge is 0.244 e. The lowest BCUT2D eigenvalue weighted by Gasteiger charge is -2.13. The first-order valence-electron chi connectivity index (χ1n) is 9.99. The molecule has 1 heterocycles. The Morgan fingerprint density at radius 1 is 1.03 bits per heavy atom. The maximum atomic E-state index is 14.3. The number of hydrogen-bond donors (Lipinski definition) is 1. The number of anilines is 1. The normalized spacial score (nSPS) is 10.9. The fraction of sp³-hybridized carbons (Fsp3) is 0.167. The molecule has 1 amide bonds. The molecule has 1 N–H and O–H groups in total. The zero-order valence-electron chi connectivity index (χ0n) is 17.9. The van der Waals surface area contributed by atoms with Gasteiger partial charge in [-0.3, -0.25) is 4.79 Å². The number of carbonyl (C=O) groups is 1. The maximum Gasteiger partial charge on any atom is 0.244 e. The van der Waals surface area contributed by atoms with Crippen molar-refractivity contribution in [2.45, 2.75) is 13.0 Å². The molecule has 0 spiro atoms. The van der Waals surface area contributed by atoms with Gasteiger partial charge in [0.15, 0.2) is 11.5 Å². The summed E-state index contributed by atoms with van der Waals surface area (Å²) in [5.74, 6) is 0.903. The molecule has 170 valence electrons. The average molecular weight is 488 g/mol. The molecule has 0 saturated carbocycles. The van der Waals surface area contributed by atoms with E-state index in [0.717, 1.165) is 0 Å². The number of hydrogen-bond acceptors (Lipinski definition) is 4. The summed E-state index contributed by atoms with van der Waals surface area (Å²) < 4.78 is 26.5. The van der Waals surface area contributed by atoms with Gasteiger partial charge in [0.25, 0.3) is 0 Å². The van der Waals surface area contributed by atoms with E-state index in [0.29, 0.717) is 49.7 Å². The minimum Gasteiger partial charge on any atom is -0.493 e. The molecule has 0 aliphatic carbocycles. The van der Waals surface area contributed by atoms with E-state index in [9.17, 15) is 9.18 Å². The summed E-state index contributed by atoms with van der Waals surface area (Å²) >= 11 is 12.4. The van der Waals surface area contributed by atoms with Crippen molar-refractivity contribution in [3.8, 4) is 11.5 Å². The number of carbonyl (C=O) groups excluding carboxylic acids is 1. The number of nitrogens with one attached hydrogen (secondary N) is 1. The standard InChI is InChI=1S/C24H20Cl2FN3O3/c1-32-21-8-7-15(10-22(21)33-2)28-24(31)13-30-20-12-17(26)16(25)11-19(20)29-23(30)9-14-5-3-4-6-18(14)27/h3-8,10-12H,9,13H2,1-2H3,(H,28,31). The van der Waals surface area contributed by atoms with Crippen LogP contribution in [0.2, 0.25) is 10.0 Å². The Kier molecular flexibility index (Phi) is 6.72. The fourth-order valence-corrected chi connectivity index (χ4v) is 3.87. The van der Waals surface area contributed by atoms with E-state index in [-0.39, 0.29) is 24.7 Å². The van der Waals surface area contributed by atoms with Crippen LogP contribution in [0, 0.1) is 5.82 Å². The van der Waals surface area contributed by atoms with Gasteiger partial charge in [-0.15, -0.1) is 0 Å². The van der Waals surface area contributed by atoms with Crippen molar-refractivity contribution in [1.82, 2.24) is 9.55 Å². The SMILES string of the molecule is COc1ccc(NC(=O)Cn2c(Cc3ccccc3F)nc3cc(Cl)c(Cl)cc32)cc1OC. The third-order valence-electron chi connectivity index (χ3n) is 5.14. The molecule has 9 heteroatoms. The minimum atomic E-state index is -0.345. The molecule has 0 unspecified atom stereocenters. The number of nitrogens with zero attached hydrogens (tertiary/aromatic N) is 2. The molecule has 0 saturated heterocycles. The first kappa shape index (κ1) is 22.9. The van der Waals surface area contributed by atoms with E-state index in [4.69, 9.17) is 32.7 Å². The molecule has 0 radical (unpaired) electrons. The second-order valence-electron chi connectivity index (χ2n) is 7.26. The van der Waals surface area contributed by atoms with Crippen molar-refractivity contribution in [3.05, 3.63) is 81.8 Å². The molecule has 33 heavy (non-hydrogen) atoms. The summed E-state index contributed by atoms with van der Waals surface area (Å²) in [7, 11) is 3.06. The van der Waals surface area contributed by atoms with Gasteiger partial charge < -0.3 is 19.4 Å². The van der Waals surface area contributed by atoms with Crippen LogP contribution in [0.3, 0.4) is 0 Å². The number of benzene rings is 3. The largest absolute Gasteiger partial charge is 0.493 e. The van der Waals surface area contributed by atoms with Crippen LogP contribution in [0.15, 0.2) is 54.6 Å². The van der Waals surface area contributed by atoms with Gasteiger partial charge in [-0.05, 0) is 35.9 Å². The highest BCUT2D eigenvalue weighted by atomic mass is 35.5. The summed E-state index contributed by atoms with van der Waals surface area (Å²) in [4.78, 5) is 17.5. The number of methoxy groups -OCH3 is 2. The first-order valence-corrected chi connectivity index (χ1v) is 10.7. The highest BCUT2D eigenvalue weighted by molar-refractivity contribution is 6.42. The van der Waals surface area contributed by atoms with E-state index in [1.165, 1.54) is 20.3 Å². The topological polar surface area (TPSA) is 65.4 Å². The van der Waals surface area contributed by atoms with E-state index in [2.05, 4.69) is 10.3 Å². The van der Waals surface area contributed by atoms with Gasteiger partial charge in [0.1, 0.15) is 18.2 Å². The quantitative estimate of drug-likeness (QED) is 0.361. The van der Waals surface area contributed by atoms with Gasteiger partial charge in [-0.25, -0.2) is 9.37 Å². The van der Waals surface area contributed by atoms with Crippen molar-refractivity contribution in [2.24, 2.45) is 0 Å². The van der Waals surface area contributed by atoms with Crippen LogP contribution in [-0.4, -0.2) is 29.7 Å². The lowest BCUT2D eigenvalue weighted by Crippen LogP contribution is -2.20. The first-order chi connectivity index (χ1) is 15.9. The molecule has 1 aromatic heterocycles. The van der Waals surface area contributed by atoms with Crippen LogP contribution in [0.25, 0.3) is 11.0 Å². The summed E-state index contributed by atoms with van der Waals surface area (Å²) in [6.07, 6.45) is 0.195. The Balaban J connectivity index is 1.67. The number of fused-ring (bicyclic) bond motifs is 1. The van der Waals surface area contributed by atoms with Crippen molar-refractivity contribution < 1.29 is 18.7 Å². The van der Waals surface area contributed by atoms with Crippen molar-refractivity contribution >= 4 is 45.8 Å². The van der Waals surface area contributed by atoms with Crippen molar-refractivity contribution in [3.63, 3.8) is 0 Å². The third kappa shape index (κ3) is 4.89.